The number of unbranched alkanes of at least 4 members (excludes halogenated alkanes) is 1. The van der Waals surface area contributed by atoms with Crippen LogP contribution >= 0.6 is 11.8 Å². The van der Waals surface area contributed by atoms with Crippen LogP contribution in [-0.4, -0.2) is 51.9 Å². The summed E-state index contributed by atoms with van der Waals surface area (Å²) in [7, 11) is 0. The molecule has 1 aliphatic heterocycles. The number of amides is 1. The Morgan fingerprint density at radius 2 is 2.15 bits per heavy atom. The number of aliphatic hydroxyl groups excluding tert-OH is 1. The number of amidine groups is 1. The molecular formula is C20H31N4O2S+. The van der Waals surface area contributed by atoms with Gasteiger partial charge in [-0.3, -0.25) is 16.4 Å². The van der Waals surface area contributed by atoms with Gasteiger partial charge in [-0.2, -0.15) is 5.10 Å². The molecule has 0 aromatic heterocycles. The number of rotatable bonds is 11. The molecule has 0 aliphatic carbocycles. The van der Waals surface area contributed by atoms with Gasteiger partial charge in [0.2, 0.25) is 5.91 Å². The molecule has 2 rings (SSSR count). The van der Waals surface area contributed by atoms with Crippen LogP contribution in [0.25, 0.3) is 0 Å². The first kappa shape index (κ1) is 21.3. The van der Waals surface area contributed by atoms with E-state index in [0.717, 1.165) is 37.1 Å². The van der Waals surface area contributed by atoms with Gasteiger partial charge in [-0.1, -0.05) is 42.5 Å². The van der Waals surface area contributed by atoms with E-state index in [0.29, 0.717) is 24.4 Å². The van der Waals surface area contributed by atoms with Crippen LogP contribution < -0.4 is 16.7 Å². The highest BCUT2D eigenvalue weighted by Gasteiger charge is 2.28. The zero-order valence-corrected chi connectivity index (χ0v) is 16.5. The molecule has 1 aromatic rings. The van der Waals surface area contributed by atoms with Crippen molar-refractivity contribution in [1.29, 1.82) is 0 Å². The summed E-state index contributed by atoms with van der Waals surface area (Å²) in [6.07, 6.45) is 7.30. The lowest BCUT2D eigenvalue weighted by Gasteiger charge is -2.22. The molecule has 27 heavy (non-hydrogen) atoms. The number of benzene rings is 1. The third kappa shape index (κ3) is 7.64. The maximum Gasteiger partial charge on any atom is 0.273 e. The minimum absolute atomic E-state index is 0.0981. The van der Waals surface area contributed by atoms with Crippen molar-refractivity contribution in [2.24, 2.45) is 11.6 Å². The standard InChI is InChI=1S/C20H30N4O2S/c21-19(23-22)15-27-13-5-4-12-24-17(9-11-20(24)26)8-10-18(25)14-16-6-2-1-3-7-16/h1-3,6-8,10,17-18,25H,4-5,9,11-15,22H2,(H2,21,23)/p+1/b10-8+/t17-,18?/m0/s1. The van der Waals surface area contributed by atoms with Crippen molar-refractivity contribution in [3.05, 3.63) is 48.0 Å². The Balaban J connectivity index is 1.72. The Labute approximate surface area is 165 Å². The molecule has 1 fully saturated rings. The second-order valence-electron chi connectivity index (χ2n) is 6.76. The highest BCUT2D eigenvalue weighted by Crippen LogP contribution is 2.21. The van der Waals surface area contributed by atoms with Gasteiger partial charge in [0.05, 0.1) is 17.9 Å². The summed E-state index contributed by atoms with van der Waals surface area (Å²) >= 11 is 1.73. The second-order valence-corrected chi connectivity index (χ2v) is 7.87. The maximum atomic E-state index is 12.2. The maximum absolute atomic E-state index is 12.2. The predicted octanol–water partition coefficient (Wildman–Crippen LogP) is -0.0379. The minimum Gasteiger partial charge on any atom is -0.389 e. The van der Waals surface area contributed by atoms with Gasteiger partial charge in [0.15, 0.2) is 0 Å². The van der Waals surface area contributed by atoms with Gasteiger partial charge in [-0.25, -0.2) is 0 Å². The summed E-state index contributed by atoms with van der Waals surface area (Å²) in [6.45, 7) is 0.761. The molecule has 1 saturated heterocycles. The van der Waals surface area contributed by atoms with Crippen LogP contribution in [0.15, 0.2) is 42.5 Å². The zero-order chi connectivity index (χ0) is 19.5. The number of likely N-dealkylation sites (tertiary alicyclic amines) is 1. The van der Waals surface area contributed by atoms with Gasteiger partial charge in [0.25, 0.3) is 5.84 Å². The SMILES string of the molecule is N/[NH+]=C(\N)CSCCCCN1C(=O)CC[C@@H]1/C=C/C(O)Cc1ccccc1. The third-order valence-corrected chi connectivity index (χ3v) is 5.69. The zero-order valence-electron chi connectivity index (χ0n) is 15.7. The van der Waals surface area contributed by atoms with Gasteiger partial charge in [0.1, 0.15) is 0 Å². The van der Waals surface area contributed by atoms with E-state index in [4.69, 9.17) is 11.6 Å². The fraction of sp³-hybridized carbons (Fsp3) is 0.500. The minimum atomic E-state index is -0.529. The molecule has 6 N–H and O–H groups in total. The lowest BCUT2D eigenvalue weighted by atomic mass is 10.1. The van der Waals surface area contributed by atoms with Crippen molar-refractivity contribution in [3.63, 3.8) is 0 Å². The summed E-state index contributed by atoms with van der Waals surface area (Å²) in [4.78, 5) is 14.1. The van der Waals surface area contributed by atoms with Crippen LogP contribution in [0.1, 0.15) is 31.2 Å². The number of aliphatic hydroxyl groups is 1. The lowest BCUT2D eigenvalue weighted by Crippen LogP contribution is -2.82. The summed E-state index contributed by atoms with van der Waals surface area (Å²) < 4.78 is 0. The van der Waals surface area contributed by atoms with Gasteiger partial charge < -0.3 is 10.0 Å². The van der Waals surface area contributed by atoms with E-state index >= 15 is 0 Å². The molecule has 1 amide bonds. The molecule has 1 aromatic carbocycles. The van der Waals surface area contributed by atoms with E-state index in [1.165, 1.54) is 0 Å². The quantitative estimate of drug-likeness (QED) is 0.106. The smallest absolute Gasteiger partial charge is 0.273 e. The van der Waals surface area contributed by atoms with Gasteiger partial charge in [-0.15, -0.1) is 11.8 Å². The van der Waals surface area contributed by atoms with Crippen LogP contribution in [0, 0.1) is 0 Å². The molecular weight excluding hydrogens is 360 g/mol. The Hall–Kier alpha value is -1.99. The normalized spacial score (nSPS) is 19.1. The fourth-order valence-corrected chi connectivity index (χ4v) is 3.99. The van der Waals surface area contributed by atoms with Crippen LogP contribution in [0.4, 0.5) is 0 Å². The van der Waals surface area contributed by atoms with Crippen LogP contribution in [0.2, 0.25) is 0 Å². The molecule has 148 valence electrons. The Kier molecular flexibility index (Phi) is 9.21. The van der Waals surface area contributed by atoms with E-state index < -0.39 is 6.10 Å². The topological polar surface area (TPSA) is 107 Å². The fourth-order valence-electron chi connectivity index (χ4n) is 3.14. The number of nitrogens with two attached hydrogens (primary N) is 2. The Morgan fingerprint density at radius 1 is 1.37 bits per heavy atom. The first-order valence-corrected chi connectivity index (χ1v) is 10.6. The second kappa shape index (κ2) is 11.7. The molecule has 6 nitrogen and oxygen atoms in total. The third-order valence-electron chi connectivity index (χ3n) is 4.60. The summed E-state index contributed by atoms with van der Waals surface area (Å²) in [5.74, 6) is 7.70. The number of hydrazine groups is 1. The average molecular weight is 392 g/mol. The number of carbonyl (C=O) groups is 1. The van der Waals surface area contributed by atoms with E-state index in [-0.39, 0.29) is 11.9 Å². The number of hydrogen-bond acceptors (Lipinski definition) is 4. The van der Waals surface area contributed by atoms with Crippen LogP contribution in [0.3, 0.4) is 0 Å². The van der Waals surface area contributed by atoms with Gasteiger partial charge >= 0.3 is 0 Å². The molecule has 0 radical (unpaired) electrons. The highest BCUT2D eigenvalue weighted by atomic mass is 32.2. The number of carbonyl (C=O) groups excluding carboxylic acids is 1. The number of hydrogen-bond donors (Lipinski definition) is 4. The van der Waals surface area contributed by atoms with E-state index in [9.17, 15) is 9.90 Å². The average Bonchev–Trinajstić information content (AvgIpc) is 3.03. The number of nitrogens with zero attached hydrogens (tertiary/aromatic N) is 1. The van der Waals surface area contributed by atoms with Crippen molar-refractivity contribution in [2.75, 3.05) is 18.1 Å². The lowest BCUT2D eigenvalue weighted by molar-refractivity contribution is -0.470. The van der Waals surface area contributed by atoms with Crippen LogP contribution in [-0.2, 0) is 11.2 Å². The Morgan fingerprint density at radius 3 is 2.89 bits per heavy atom. The molecule has 1 heterocycles. The Bertz CT molecular complexity index is 636. The van der Waals surface area contributed by atoms with Crippen molar-refractivity contribution < 1.29 is 15.0 Å². The molecule has 2 atom stereocenters. The molecule has 1 aliphatic rings. The number of nitrogens with one attached hydrogen (secondary N) is 1. The summed E-state index contributed by atoms with van der Waals surface area (Å²) in [6, 6.07) is 10.0. The molecule has 0 bridgehead atoms. The molecule has 0 spiro atoms. The summed E-state index contributed by atoms with van der Waals surface area (Å²) in [5, 5.41) is 12.7. The first-order valence-electron chi connectivity index (χ1n) is 9.45. The van der Waals surface area contributed by atoms with Gasteiger partial charge in [0, 0.05) is 19.4 Å². The molecule has 7 heteroatoms. The van der Waals surface area contributed by atoms with Gasteiger partial charge in [-0.05, 0) is 30.6 Å². The molecule has 1 unspecified atom stereocenters. The first-order chi connectivity index (χ1) is 13.1. The van der Waals surface area contributed by atoms with E-state index in [1.807, 2.05) is 47.4 Å². The van der Waals surface area contributed by atoms with E-state index in [2.05, 4.69) is 5.10 Å². The monoisotopic (exact) mass is 391 g/mol. The predicted molar refractivity (Wildman–Crippen MR) is 111 cm³/mol. The number of hydrazone groups is 1. The largest absolute Gasteiger partial charge is 0.389 e. The van der Waals surface area contributed by atoms with Crippen LogP contribution in [0.5, 0.6) is 0 Å². The number of thioether (sulfide) groups is 1. The van der Waals surface area contributed by atoms with Crippen molar-refractivity contribution in [3.8, 4) is 0 Å². The van der Waals surface area contributed by atoms with Crippen molar-refractivity contribution in [2.45, 2.75) is 44.2 Å². The van der Waals surface area contributed by atoms with Crippen molar-refractivity contribution in [1.82, 2.24) is 4.90 Å². The summed E-state index contributed by atoms with van der Waals surface area (Å²) in [5.41, 5.74) is 6.71. The van der Waals surface area contributed by atoms with E-state index in [1.54, 1.807) is 11.8 Å². The van der Waals surface area contributed by atoms with Crippen molar-refractivity contribution >= 4 is 23.5 Å². The highest BCUT2D eigenvalue weighted by molar-refractivity contribution is 7.99. The molecule has 0 saturated carbocycles.